The summed E-state index contributed by atoms with van der Waals surface area (Å²) in [4.78, 5) is 25.0. The normalized spacial score (nSPS) is 15.9. The van der Waals surface area contributed by atoms with Gasteiger partial charge in [-0.15, -0.1) is 0 Å². The Morgan fingerprint density at radius 1 is 1.31 bits per heavy atom. The van der Waals surface area contributed by atoms with Gasteiger partial charge in [-0.1, -0.05) is 61.2 Å². The van der Waals surface area contributed by atoms with Gasteiger partial charge in [0.15, 0.2) is 0 Å². The van der Waals surface area contributed by atoms with Crippen LogP contribution >= 0.6 is 24.0 Å². The fourth-order valence-corrected chi connectivity index (χ4v) is 3.90. The average molecular weight is 387 g/mol. The number of rotatable bonds is 6. The fraction of sp³-hybridized carbons (Fsp3) is 0.211. The second-order valence-electron chi connectivity index (χ2n) is 5.71. The lowest BCUT2D eigenvalue weighted by Crippen LogP contribution is -2.33. The summed E-state index contributed by atoms with van der Waals surface area (Å²) in [5.74, 6) is -0.800. The van der Waals surface area contributed by atoms with E-state index in [0.29, 0.717) is 17.3 Å². The second-order valence-corrected chi connectivity index (χ2v) is 7.38. The molecular weight excluding hydrogens is 370 g/mol. The molecule has 1 fully saturated rings. The molecule has 0 radical (unpaired) electrons. The van der Waals surface area contributed by atoms with Crippen molar-refractivity contribution in [2.45, 2.75) is 13.3 Å². The van der Waals surface area contributed by atoms with Gasteiger partial charge in [0.2, 0.25) is 0 Å². The maximum atomic E-state index is 12.6. The van der Waals surface area contributed by atoms with Crippen molar-refractivity contribution >= 4 is 57.0 Å². The summed E-state index contributed by atoms with van der Waals surface area (Å²) in [6.45, 7) is 2.16. The Kier molecular flexibility index (Phi) is 5.58. The highest BCUT2D eigenvalue weighted by Crippen LogP contribution is 2.36. The highest BCUT2D eigenvalue weighted by atomic mass is 32.2. The maximum absolute atomic E-state index is 12.6. The zero-order chi connectivity index (χ0) is 18.7. The number of aliphatic carboxylic acids is 1. The van der Waals surface area contributed by atoms with Crippen molar-refractivity contribution in [2.24, 2.45) is 0 Å². The summed E-state index contributed by atoms with van der Waals surface area (Å²) in [5.41, 5.74) is 0.798. The lowest BCUT2D eigenvalue weighted by molar-refractivity contribution is -0.140. The van der Waals surface area contributed by atoms with Gasteiger partial charge in [-0.3, -0.25) is 14.5 Å². The molecule has 0 bridgehead atoms. The molecule has 1 N–H and O–H groups in total. The number of hydrogen-bond acceptors (Lipinski definition) is 5. The molecule has 1 aliphatic heterocycles. The first-order chi connectivity index (χ1) is 12.5. The van der Waals surface area contributed by atoms with Crippen LogP contribution in [-0.2, 0) is 9.59 Å². The van der Waals surface area contributed by atoms with Crippen molar-refractivity contribution in [3.8, 4) is 5.75 Å². The van der Waals surface area contributed by atoms with Crippen LogP contribution in [0.15, 0.2) is 41.3 Å². The fourth-order valence-electron chi connectivity index (χ4n) is 2.67. The lowest BCUT2D eigenvalue weighted by atomic mass is 10.0. The summed E-state index contributed by atoms with van der Waals surface area (Å²) in [6, 6.07) is 11.7. The number of nitrogens with zero attached hydrogens (tertiary/aromatic N) is 1. The standard InChI is InChI=1S/C19H17NO4S2/c1-2-9-24-15-8-7-12-5-3-4-6-13(12)14(15)10-16-18(23)20(11-17(21)22)19(25)26-16/h3-8,10H,2,9,11H2,1H3,(H,21,22)/b16-10-. The predicted octanol–water partition coefficient (Wildman–Crippen LogP) is 3.91. The van der Waals surface area contributed by atoms with Crippen LogP contribution in [0.3, 0.4) is 0 Å². The molecule has 0 aromatic heterocycles. The highest BCUT2D eigenvalue weighted by Gasteiger charge is 2.33. The van der Waals surface area contributed by atoms with Crippen molar-refractivity contribution in [3.63, 3.8) is 0 Å². The average Bonchev–Trinajstić information content (AvgIpc) is 2.88. The molecule has 0 unspecified atom stereocenters. The van der Waals surface area contributed by atoms with E-state index < -0.39 is 18.4 Å². The Labute approximate surface area is 160 Å². The predicted molar refractivity (Wildman–Crippen MR) is 107 cm³/mol. The van der Waals surface area contributed by atoms with Gasteiger partial charge >= 0.3 is 5.97 Å². The van der Waals surface area contributed by atoms with Crippen molar-refractivity contribution in [2.75, 3.05) is 13.2 Å². The van der Waals surface area contributed by atoms with Crippen LogP contribution < -0.4 is 4.74 Å². The summed E-state index contributed by atoms with van der Waals surface area (Å²) >= 11 is 6.27. The van der Waals surface area contributed by atoms with Crippen molar-refractivity contribution in [1.29, 1.82) is 0 Å². The summed E-state index contributed by atoms with van der Waals surface area (Å²) in [5, 5.41) is 11.0. The Morgan fingerprint density at radius 3 is 2.81 bits per heavy atom. The van der Waals surface area contributed by atoms with E-state index in [1.54, 1.807) is 6.08 Å². The van der Waals surface area contributed by atoms with Crippen molar-refractivity contribution in [1.82, 2.24) is 4.90 Å². The summed E-state index contributed by atoms with van der Waals surface area (Å²) < 4.78 is 6.10. The maximum Gasteiger partial charge on any atom is 0.323 e. The van der Waals surface area contributed by atoms with Gasteiger partial charge in [0, 0.05) is 5.56 Å². The third-order valence-electron chi connectivity index (χ3n) is 3.83. The number of amides is 1. The third kappa shape index (κ3) is 3.73. The minimum absolute atomic E-state index is 0.250. The van der Waals surface area contributed by atoms with Gasteiger partial charge < -0.3 is 9.84 Å². The molecule has 5 nitrogen and oxygen atoms in total. The summed E-state index contributed by atoms with van der Waals surface area (Å²) in [6.07, 6.45) is 2.61. The van der Waals surface area contributed by atoms with Crippen LogP contribution in [0.1, 0.15) is 18.9 Å². The molecular formula is C19H17NO4S2. The zero-order valence-electron chi connectivity index (χ0n) is 14.1. The number of thioether (sulfide) groups is 1. The SMILES string of the molecule is CCCOc1ccc2ccccc2c1/C=C1\SC(=S)N(CC(=O)O)C1=O. The van der Waals surface area contributed by atoms with E-state index in [4.69, 9.17) is 22.1 Å². The molecule has 0 spiro atoms. The van der Waals surface area contributed by atoms with Crippen LogP contribution in [0, 0.1) is 0 Å². The van der Waals surface area contributed by atoms with Crippen LogP contribution in [0.4, 0.5) is 0 Å². The minimum atomic E-state index is -1.10. The number of fused-ring (bicyclic) bond motifs is 1. The molecule has 2 aromatic carbocycles. The summed E-state index contributed by atoms with van der Waals surface area (Å²) in [7, 11) is 0. The van der Waals surface area contributed by atoms with E-state index in [9.17, 15) is 9.59 Å². The van der Waals surface area contributed by atoms with Gasteiger partial charge in [-0.25, -0.2) is 0 Å². The molecule has 2 aromatic rings. The number of hydrogen-bond donors (Lipinski definition) is 1. The van der Waals surface area contributed by atoms with E-state index in [0.717, 1.165) is 39.4 Å². The number of carbonyl (C=O) groups excluding carboxylic acids is 1. The third-order valence-corrected chi connectivity index (χ3v) is 5.21. The number of ether oxygens (including phenoxy) is 1. The molecule has 0 atom stereocenters. The van der Waals surface area contributed by atoms with E-state index in [2.05, 4.69) is 0 Å². The number of thiocarbonyl (C=S) groups is 1. The topological polar surface area (TPSA) is 66.8 Å². The Balaban J connectivity index is 2.06. The number of carboxylic acid groups (broad SMARTS) is 1. The first-order valence-corrected chi connectivity index (χ1v) is 9.35. The number of carboxylic acids is 1. The minimum Gasteiger partial charge on any atom is -0.493 e. The smallest absolute Gasteiger partial charge is 0.323 e. The quantitative estimate of drug-likeness (QED) is 0.599. The van der Waals surface area contributed by atoms with Gasteiger partial charge in [0.25, 0.3) is 5.91 Å². The van der Waals surface area contributed by atoms with E-state index >= 15 is 0 Å². The second kappa shape index (κ2) is 7.88. The lowest BCUT2D eigenvalue weighted by Gasteiger charge is -2.12. The van der Waals surface area contributed by atoms with Crippen LogP contribution in [0.25, 0.3) is 16.8 Å². The Bertz CT molecular complexity index is 923. The molecule has 7 heteroatoms. The molecule has 1 amide bonds. The molecule has 3 rings (SSSR count). The van der Waals surface area contributed by atoms with E-state index in [1.165, 1.54) is 0 Å². The largest absolute Gasteiger partial charge is 0.493 e. The van der Waals surface area contributed by atoms with Gasteiger partial charge in [-0.2, -0.15) is 0 Å². The Hall–Kier alpha value is -2.38. The van der Waals surface area contributed by atoms with Crippen LogP contribution in [0.2, 0.25) is 0 Å². The van der Waals surface area contributed by atoms with Crippen LogP contribution in [0.5, 0.6) is 5.75 Å². The van der Waals surface area contributed by atoms with E-state index in [-0.39, 0.29) is 4.32 Å². The van der Waals surface area contributed by atoms with E-state index in [1.807, 2.05) is 43.3 Å². The van der Waals surface area contributed by atoms with Gasteiger partial charge in [0.1, 0.15) is 16.6 Å². The molecule has 1 heterocycles. The highest BCUT2D eigenvalue weighted by molar-refractivity contribution is 8.26. The van der Waals surface area contributed by atoms with Crippen LogP contribution in [-0.4, -0.2) is 39.4 Å². The number of carbonyl (C=O) groups is 2. The molecule has 26 heavy (non-hydrogen) atoms. The zero-order valence-corrected chi connectivity index (χ0v) is 15.7. The molecule has 0 saturated carbocycles. The Morgan fingerprint density at radius 2 is 2.08 bits per heavy atom. The van der Waals surface area contributed by atoms with Crippen molar-refractivity contribution in [3.05, 3.63) is 46.9 Å². The van der Waals surface area contributed by atoms with Gasteiger partial charge in [0.05, 0.1) is 11.5 Å². The first kappa shape index (κ1) is 18.4. The number of benzene rings is 2. The molecule has 1 aliphatic rings. The molecule has 134 valence electrons. The monoisotopic (exact) mass is 387 g/mol. The van der Waals surface area contributed by atoms with Gasteiger partial charge in [-0.05, 0) is 29.3 Å². The first-order valence-electron chi connectivity index (χ1n) is 8.13. The van der Waals surface area contributed by atoms with Crippen molar-refractivity contribution < 1.29 is 19.4 Å². The molecule has 0 aliphatic carbocycles. The molecule has 1 saturated heterocycles.